The molecular weight excluding hydrogens is 262 g/mol. The Labute approximate surface area is 106 Å². The molecule has 2 aromatic rings. The monoisotopic (exact) mass is 269 g/mol. The first-order chi connectivity index (χ1) is 8.54. The number of anilines is 1. The minimum atomic E-state index is -0.560. The Morgan fingerprint density at radius 1 is 1.56 bits per heavy atom. The van der Waals surface area contributed by atoms with E-state index >= 15 is 0 Å². The van der Waals surface area contributed by atoms with Gasteiger partial charge in [0.1, 0.15) is 5.02 Å². The van der Waals surface area contributed by atoms with Crippen LogP contribution in [0.15, 0.2) is 22.7 Å². The topological polar surface area (TPSA) is 104 Å². The molecule has 0 aliphatic rings. The summed E-state index contributed by atoms with van der Waals surface area (Å²) in [6.45, 7) is 0. The third kappa shape index (κ3) is 1.95. The molecule has 18 heavy (non-hydrogen) atoms. The molecule has 0 fully saturated rings. The van der Waals surface area contributed by atoms with E-state index in [2.05, 4.69) is 5.16 Å². The highest BCUT2D eigenvalue weighted by molar-refractivity contribution is 6.35. The largest absolute Gasteiger partial charge is 0.490 e. The molecule has 0 atom stereocenters. The number of nitrogen functional groups attached to an aromatic ring is 1. The number of rotatable bonds is 3. The predicted octanol–water partition coefficient (Wildman–Crippen LogP) is 2.49. The van der Waals surface area contributed by atoms with Crippen molar-refractivity contribution in [2.24, 2.45) is 0 Å². The molecule has 94 valence electrons. The normalized spacial score (nSPS) is 10.3. The molecule has 0 spiro atoms. The lowest BCUT2D eigenvalue weighted by molar-refractivity contribution is -0.385. The summed E-state index contributed by atoms with van der Waals surface area (Å²) in [5.74, 6) is 0.359. The summed E-state index contributed by atoms with van der Waals surface area (Å²) in [4.78, 5) is 10.3. The molecule has 2 N–H and O–H groups in total. The molecule has 0 amide bonds. The van der Waals surface area contributed by atoms with Crippen LogP contribution in [-0.4, -0.2) is 17.2 Å². The van der Waals surface area contributed by atoms with Crippen LogP contribution in [0.25, 0.3) is 11.3 Å². The lowest BCUT2D eigenvalue weighted by atomic mass is 10.1. The van der Waals surface area contributed by atoms with Gasteiger partial charge in [-0.05, 0) is 12.1 Å². The number of methoxy groups -OCH3 is 1. The smallest absolute Gasteiger partial charge is 0.311 e. The summed E-state index contributed by atoms with van der Waals surface area (Å²) in [7, 11) is 1.35. The van der Waals surface area contributed by atoms with Crippen molar-refractivity contribution in [3.05, 3.63) is 33.3 Å². The Morgan fingerprint density at radius 2 is 2.28 bits per heavy atom. The summed E-state index contributed by atoms with van der Waals surface area (Å²) >= 11 is 5.87. The minimum Gasteiger partial charge on any atom is -0.490 e. The van der Waals surface area contributed by atoms with E-state index in [1.165, 1.54) is 19.2 Å². The Morgan fingerprint density at radius 3 is 2.78 bits per heavy atom. The zero-order chi connectivity index (χ0) is 13.3. The third-order valence-corrected chi connectivity index (χ3v) is 2.66. The Bertz CT molecular complexity index is 611. The van der Waals surface area contributed by atoms with E-state index in [4.69, 9.17) is 26.6 Å². The van der Waals surface area contributed by atoms with Gasteiger partial charge in [0, 0.05) is 11.6 Å². The summed E-state index contributed by atoms with van der Waals surface area (Å²) in [5, 5.41) is 14.5. The molecular formula is C10H8ClN3O4. The number of benzene rings is 1. The van der Waals surface area contributed by atoms with Crippen molar-refractivity contribution < 1.29 is 14.2 Å². The molecule has 8 heteroatoms. The summed E-state index contributed by atoms with van der Waals surface area (Å²) in [6.07, 6.45) is 0. The van der Waals surface area contributed by atoms with Gasteiger partial charge in [0.05, 0.1) is 12.0 Å². The van der Waals surface area contributed by atoms with Crippen LogP contribution in [0.1, 0.15) is 0 Å². The van der Waals surface area contributed by atoms with E-state index in [1.54, 1.807) is 6.07 Å². The average Bonchev–Trinajstić information content (AvgIpc) is 2.69. The van der Waals surface area contributed by atoms with Crippen LogP contribution in [0.5, 0.6) is 5.75 Å². The fraction of sp³-hybridized carbons (Fsp3) is 0.100. The predicted molar refractivity (Wildman–Crippen MR) is 64.6 cm³/mol. The van der Waals surface area contributed by atoms with Gasteiger partial charge in [0.2, 0.25) is 0 Å². The van der Waals surface area contributed by atoms with Crippen molar-refractivity contribution in [2.45, 2.75) is 0 Å². The molecule has 0 unspecified atom stereocenters. The van der Waals surface area contributed by atoms with E-state index < -0.39 is 4.92 Å². The molecule has 1 heterocycles. The van der Waals surface area contributed by atoms with Crippen molar-refractivity contribution in [1.29, 1.82) is 0 Å². The third-order valence-electron chi connectivity index (χ3n) is 2.30. The van der Waals surface area contributed by atoms with Gasteiger partial charge >= 0.3 is 5.69 Å². The van der Waals surface area contributed by atoms with Crippen molar-refractivity contribution in [3.8, 4) is 17.1 Å². The van der Waals surface area contributed by atoms with Gasteiger partial charge in [-0.3, -0.25) is 10.1 Å². The molecule has 0 bridgehead atoms. The maximum absolute atomic E-state index is 10.9. The van der Waals surface area contributed by atoms with Gasteiger partial charge in [-0.15, -0.1) is 0 Å². The Balaban J connectivity index is 2.57. The highest BCUT2D eigenvalue weighted by Gasteiger charge is 2.20. The number of nitro groups is 1. The van der Waals surface area contributed by atoms with Gasteiger partial charge in [-0.25, -0.2) is 0 Å². The summed E-state index contributed by atoms with van der Waals surface area (Å²) in [5.41, 5.74) is 5.64. The summed E-state index contributed by atoms with van der Waals surface area (Å²) in [6, 6.07) is 4.30. The van der Waals surface area contributed by atoms with Crippen LogP contribution in [0, 0.1) is 10.1 Å². The lowest BCUT2D eigenvalue weighted by Gasteiger charge is -2.02. The average molecular weight is 270 g/mol. The molecule has 1 aromatic heterocycles. The fourth-order valence-corrected chi connectivity index (χ4v) is 1.62. The van der Waals surface area contributed by atoms with Crippen LogP contribution >= 0.6 is 11.6 Å². The molecule has 0 saturated heterocycles. The molecule has 0 saturated carbocycles. The van der Waals surface area contributed by atoms with Crippen molar-refractivity contribution in [2.75, 3.05) is 12.8 Å². The SMILES string of the molecule is COc1ccc(-c2onc(N)c2Cl)cc1[N+](=O)[O-]. The Hall–Kier alpha value is -2.28. The van der Waals surface area contributed by atoms with E-state index in [9.17, 15) is 10.1 Å². The highest BCUT2D eigenvalue weighted by atomic mass is 35.5. The number of nitrogens with zero attached hydrogens (tertiary/aromatic N) is 2. The maximum Gasteiger partial charge on any atom is 0.311 e. The molecule has 0 aliphatic heterocycles. The molecule has 1 aromatic carbocycles. The van der Waals surface area contributed by atoms with Crippen LogP contribution in [0.2, 0.25) is 5.02 Å². The van der Waals surface area contributed by atoms with Crippen molar-refractivity contribution in [1.82, 2.24) is 5.16 Å². The quantitative estimate of drug-likeness (QED) is 0.678. The molecule has 7 nitrogen and oxygen atoms in total. The first-order valence-corrected chi connectivity index (χ1v) is 5.16. The van der Waals surface area contributed by atoms with E-state index in [0.717, 1.165) is 0 Å². The van der Waals surface area contributed by atoms with Crippen molar-refractivity contribution >= 4 is 23.1 Å². The van der Waals surface area contributed by atoms with Crippen molar-refractivity contribution in [3.63, 3.8) is 0 Å². The van der Waals surface area contributed by atoms with Gasteiger partial charge in [0.15, 0.2) is 17.3 Å². The standard InChI is InChI=1S/C10H8ClN3O4/c1-17-7-3-2-5(4-6(7)14(15)16)9-8(11)10(12)13-18-9/h2-4H,1H3,(H2,12,13). The van der Waals surface area contributed by atoms with Crippen LogP contribution in [0.3, 0.4) is 0 Å². The minimum absolute atomic E-state index is 0.0325. The molecule has 2 rings (SSSR count). The zero-order valence-electron chi connectivity index (χ0n) is 9.21. The number of nitro benzene ring substituents is 1. The molecule has 0 radical (unpaired) electrons. The lowest BCUT2D eigenvalue weighted by Crippen LogP contribution is -1.94. The molecule has 0 aliphatic carbocycles. The number of aromatic nitrogens is 1. The second-order valence-corrected chi connectivity index (χ2v) is 3.73. The number of hydrogen-bond donors (Lipinski definition) is 1. The maximum atomic E-state index is 10.9. The van der Waals surface area contributed by atoms with Gasteiger partial charge < -0.3 is 15.0 Å². The second kappa shape index (κ2) is 4.53. The van der Waals surface area contributed by atoms with Crippen LogP contribution in [-0.2, 0) is 0 Å². The van der Waals surface area contributed by atoms with Gasteiger partial charge in [-0.2, -0.15) is 0 Å². The summed E-state index contributed by atoms with van der Waals surface area (Å²) < 4.78 is 9.81. The zero-order valence-corrected chi connectivity index (χ0v) is 9.97. The van der Waals surface area contributed by atoms with E-state index in [0.29, 0.717) is 5.56 Å². The number of hydrogen-bond acceptors (Lipinski definition) is 6. The number of nitrogens with two attached hydrogens (primary N) is 1. The van der Waals surface area contributed by atoms with Crippen LogP contribution < -0.4 is 10.5 Å². The van der Waals surface area contributed by atoms with Crippen LogP contribution in [0.4, 0.5) is 11.5 Å². The van der Waals surface area contributed by atoms with E-state index in [-0.39, 0.29) is 28.0 Å². The fourth-order valence-electron chi connectivity index (χ4n) is 1.44. The number of ether oxygens (including phenoxy) is 1. The van der Waals surface area contributed by atoms with Gasteiger partial charge in [0.25, 0.3) is 0 Å². The van der Waals surface area contributed by atoms with Gasteiger partial charge in [-0.1, -0.05) is 16.8 Å². The Kier molecular flexibility index (Phi) is 3.07. The van der Waals surface area contributed by atoms with E-state index in [1.807, 2.05) is 0 Å². The first-order valence-electron chi connectivity index (χ1n) is 4.78. The first kappa shape index (κ1) is 12.2. The second-order valence-electron chi connectivity index (χ2n) is 3.35. The number of halogens is 1. The highest BCUT2D eigenvalue weighted by Crippen LogP contribution is 2.36.